The first-order valence-electron chi connectivity index (χ1n) is 5.34. The van der Waals surface area contributed by atoms with E-state index in [1.165, 1.54) is 12.8 Å². The SMILES string of the molecule is CN1C(C2CC2)CC(=O)N1CCC(=O)O. The van der Waals surface area contributed by atoms with Crippen molar-refractivity contribution in [1.82, 2.24) is 10.0 Å². The Bertz CT molecular complexity index is 288. The molecule has 1 saturated heterocycles. The molecule has 5 nitrogen and oxygen atoms in total. The van der Waals surface area contributed by atoms with Gasteiger partial charge in [0.05, 0.1) is 6.42 Å². The Morgan fingerprint density at radius 3 is 2.73 bits per heavy atom. The summed E-state index contributed by atoms with van der Waals surface area (Å²) in [6, 6.07) is 0.311. The molecule has 0 aromatic carbocycles. The number of carboxylic acid groups (broad SMARTS) is 1. The fourth-order valence-electron chi connectivity index (χ4n) is 2.21. The van der Waals surface area contributed by atoms with Gasteiger partial charge < -0.3 is 5.11 Å². The van der Waals surface area contributed by atoms with Crippen molar-refractivity contribution in [3.63, 3.8) is 0 Å². The maximum atomic E-state index is 11.6. The van der Waals surface area contributed by atoms with Crippen LogP contribution < -0.4 is 0 Å². The summed E-state index contributed by atoms with van der Waals surface area (Å²) >= 11 is 0. The highest BCUT2D eigenvalue weighted by atomic mass is 16.4. The van der Waals surface area contributed by atoms with E-state index in [0.29, 0.717) is 24.9 Å². The van der Waals surface area contributed by atoms with E-state index < -0.39 is 5.97 Å². The van der Waals surface area contributed by atoms with Gasteiger partial charge in [-0.3, -0.25) is 14.6 Å². The molecule has 1 aliphatic carbocycles. The van der Waals surface area contributed by atoms with Crippen LogP contribution in [0.4, 0.5) is 0 Å². The number of carbonyl (C=O) groups is 2. The molecule has 1 unspecified atom stereocenters. The second-order valence-electron chi connectivity index (χ2n) is 4.34. The molecule has 15 heavy (non-hydrogen) atoms. The molecule has 0 aromatic heterocycles. The third kappa shape index (κ3) is 2.12. The Morgan fingerprint density at radius 2 is 2.20 bits per heavy atom. The maximum absolute atomic E-state index is 11.6. The Kier molecular flexibility index (Phi) is 2.65. The smallest absolute Gasteiger partial charge is 0.305 e. The third-order valence-electron chi connectivity index (χ3n) is 3.24. The Labute approximate surface area is 88.6 Å². The molecular weight excluding hydrogens is 196 g/mol. The summed E-state index contributed by atoms with van der Waals surface area (Å²) in [6.45, 7) is 0.299. The zero-order valence-electron chi connectivity index (χ0n) is 8.85. The normalized spacial score (nSPS) is 27.4. The molecule has 1 atom stereocenters. The average molecular weight is 212 g/mol. The van der Waals surface area contributed by atoms with Gasteiger partial charge in [-0.05, 0) is 18.8 Å². The van der Waals surface area contributed by atoms with Gasteiger partial charge in [0.2, 0.25) is 5.91 Å². The molecule has 0 radical (unpaired) electrons. The molecular formula is C10H16N2O3. The van der Waals surface area contributed by atoms with Gasteiger partial charge in [0.15, 0.2) is 0 Å². The van der Waals surface area contributed by atoms with E-state index in [4.69, 9.17) is 5.11 Å². The number of rotatable bonds is 4. The number of nitrogens with zero attached hydrogens (tertiary/aromatic N) is 2. The van der Waals surface area contributed by atoms with E-state index in [-0.39, 0.29) is 12.3 Å². The highest BCUT2D eigenvalue weighted by Gasteiger charge is 2.43. The summed E-state index contributed by atoms with van der Waals surface area (Å²) in [5, 5.41) is 12.1. The average Bonchev–Trinajstić information content (AvgIpc) is 2.93. The monoisotopic (exact) mass is 212 g/mol. The molecule has 1 N–H and O–H groups in total. The predicted molar refractivity (Wildman–Crippen MR) is 52.9 cm³/mol. The van der Waals surface area contributed by atoms with Crippen molar-refractivity contribution in [2.45, 2.75) is 31.7 Å². The Hall–Kier alpha value is -1.10. The zero-order chi connectivity index (χ0) is 11.0. The summed E-state index contributed by atoms with van der Waals surface area (Å²) in [6.07, 6.45) is 2.98. The minimum Gasteiger partial charge on any atom is -0.481 e. The van der Waals surface area contributed by atoms with Crippen LogP contribution in [0.25, 0.3) is 0 Å². The molecule has 2 fully saturated rings. The maximum Gasteiger partial charge on any atom is 0.305 e. The Morgan fingerprint density at radius 1 is 1.53 bits per heavy atom. The van der Waals surface area contributed by atoms with Gasteiger partial charge in [0.25, 0.3) is 0 Å². The lowest BCUT2D eigenvalue weighted by Gasteiger charge is -2.27. The predicted octanol–water partition coefficient (Wildman–Crippen LogP) is 0.319. The van der Waals surface area contributed by atoms with E-state index in [9.17, 15) is 9.59 Å². The minimum absolute atomic E-state index is 0.0213. The highest BCUT2D eigenvalue weighted by Crippen LogP contribution is 2.39. The van der Waals surface area contributed by atoms with E-state index >= 15 is 0 Å². The topological polar surface area (TPSA) is 60.9 Å². The number of hydrogen-bond donors (Lipinski definition) is 1. The molecule has 0 spiro atoms. The van der Waals surface area contributed by atoms with Crippen molar-refractivity contribution >= 4 is 11.9 Å². The zero-order valence-corrected chi connectivity index (χ0v) is 8.85. The lowest BCUT2D eigenvalue weighted by Crippen LogP contribution is -2.41. The van der Waals surface area contributed by atoms with Crippen molar-refractivity contribution in [3.8, 4) is 0 Å². The quantitative estimate of drug-likeness (QED) is 0.729. The first kappa shape index (κ1) is 10.4. The number of hydrazine groups is 1. The van der Waals surface area contributed by atoms with Gasteiger partial charge in [0.1, 0.15) is 0 Å². The van der Waals surface area contributed by atoms with Crippen LogP contribution in [0, 0.1) is 5.92 Å². The fourth-order valence-corrected chi connectivity index (χ4v) is 2.21. The molecule has 2 rings (SSSR count). The van der Waals surface area contributed by atoms with Crippen LogP contribution >= 0.6 is 0 Å². The van der Waals surface area contributed by atoms with Crippen molar-refractivity contribution < 1.29 is 14.7 Å². The van der Waals surface area contributed by atoms with Gasteiger partial charge in [0, 0.05) is 26.1 Å². The van der Waals surface area contributed by atoms with Gasteiger partial charge in [-0.25, -0.2) is 5.01 Å². The van der Waals surface area contributed by atoms with E-state index in [0.717, 1.165) is 0 Å². The summed E-state index contributed by atoms with van der Waals surface area (Å²) < 4.78 is 0. The molecule has 0 bridgehead atoms. The summed E-state index contributed by atoms with van der Waals surface area (Å²) in [4.78, 5) is 22.1. The third-order valence-corrected chi connectivity index (χ3v) is 3.24. The molecule has 0 aromatic rings. The first-order valence-corrected chi connectivity index (χ1v) is 5.34. The number of amides is 1. The van der Waals surface area contributed by atoms with Crippen molar-refractivity contribution in [2.24, 2.45) is 5.92 Å². The van der Waals surface area contributed by atoms with Gasteiger partial charge in [-0.15, -0.1) is 0 Å². The van der Waals surface area contributed by atoms with Gasteiger partial charge in [-0.2, -0.15) is 0 Å². The van der Waals surface area contributed by atoms with Crippen LogP contribution in [0.3, 0.4) is 0 Å². The summed E-state index contributed by atoms with van der Waals surface area (Å²) in [5.74, 6) is -0.143. The lowest BCUT2D eigenvalue weighted by molar-refractivity contribution is -0.142. The van der Waals surface area contributed by atoms with Gasteiger partial charge >= 0.3 is 5.97 Å². The minimum atomic E-state index is -0.855. The van der Waals surface area contributed by atoms with Crippen molar-refractivity contribution in [1.29, 1.82) is 0 Å². The Balaban J connectivity index is 1.93. The number of hydrogen-bond acceptors (Lipinski definition) is 3. The van der Waals surface area contributed by atoms with Crippen LogP contribution in [-0.2, 0) is 9.59 Å². The number of carbonyl (C=O) groups excluding carboxylic acids is 1. The molecule has 5 heteroatoms. The molecule has 84 valence electrons. The molecule has 2 aliphatic rings. The van der Waals surface area contributed by atoms with Crippen LogP contribution in [0.1, 0.15) is 25.7 Å². The van der Waals surface area contributed by atoms with E-state index in [1.54, 1.807) is 5.01 Å². The van der Waals surface area contributed by atoms with Crippen LogP contribution in [0.15, 0.2) is 0 Å². The second-order valence-corrected chi connectivity index (χ2v) is 4.34. The van der Waals surface area contributed by atoms with Crippen LogP contribution in [-0.4, -0.2) is 46.6 Å². The number of aliphatic carboxylic acids is 1. The number of carboxylic acids is 1. The molecule has 1 saturated carbocycles. The van der Waals surface area contributed by atoms with Crippen molar-refractivity contribution in [2.75, 3.05) is 13.6 Å². The summed E-state index contributed by atoms with van der Waals surface area (Å²) in [5.41, 5.74) is 0. The molecule has 1 heterocycles. The van der Waals surface area contributed by atoms with E-state index in [1.807, 2.05) is 12.1 Å². The standard InChI is InChI=1S/C10H16N2O3/c1-11-8(7-2-3-7)6-9(13)12(11)5-4-10(14)15/h7-8H,2-6H2,1H3,(H,14,15). The van der Waals surface area contributed by atoms with E-state index in [2.05, 4.69) is 0 Å². The lowest BCUT2D eigenvalue weighted by atomic mass is 10.1. The summed E-state index contributed by atoms with van der Waals surface area (Å²) in [7, 11) is 1.88. The van der Waals surface area contributed by atoms with Crippen LogP contribution in [0.2, 0.25) is 0 Å². The highest BCUT2D eigenvalue weighted by molar-refractivity contribution is 5.79. The molecule has 1 aliphatic heterocycles. The van der Waals surface area contributed by atoms with Crippen molar-refractivity contribution in [3.05, 3.63) is 0 Å². The van der Waals surface area contributed by atoms with Crippen LogP contribution in [0.5, 0.6) is 0 Å². The largest absolute Gasteiger partial charge is 0.481 e. The van der Waals surface area contributed by atoms with Gasteiger partial charge in [-0.1, -0.05) is 0 Å². The second kappa shape index (κ2) is 3.81. The molecule has 1 amide bonds. The first-order chi connectivity index (χ1) is 7.09. The fraction of sp³-hybridized carbons (Fsp3) is 0.800.